The summed E-state index contributed by atoms with van der Waals surface area (Å²) in [5.41, 5.74) is -0.984. The number of pyridine rings is 1. The summed E-state index contributed by atoms with van der Waals surface area (Å²) < 4.78 is 2.28. The monoisotopic (exact) mass is 344 g/mol. The van der Waals surface area contributed by atoms with Gasteiger partial charge < -0.3 is 15.0 Å². The quantitative estimate of drug-likeness (QED) is 0.790. The average molecular weight is 345 g/mol. The second-order valence-corrected chi connectivity index (χ2v) is 5.75. The summed E-state index contributed by atoms with van der Waals surface area (Å²) in [4.78, 5) is 23.3. The van der Waals surface area contributed by atoms with Crippen LogP contribution in [0.25, 0.3) is 0 Å². The van der Waals surface area contributed by atoms with E-state index in [0.717, 1.165) is 4.47 Å². The highest BCUT2D eigenvalue weighted by atomic mass is 79.9. The molecule has 0 aliphatic heterocycles. The first kappa shape index (κ1) is 16.9. The molecule has 0 atom stereocenters. The van der Waals surface area contributed by atoms with Crippen LogP contribution < -0.4 is 10.9 Å². The molecular weight excluding hydrogens is 324 g/mol. The van der Waals surface area contributed by atoms with E-state index in [2.05, 4.69) is 21.2 Å². The Hall–Kier alpha value is -1.14. The SMILES string of the molecule is CCC(O)(CC)CNC(=O)CCn1cc(Br)ccc1=O. The van der Waals surface area contributed by atoms with Crippen LogP contribution in [0.4, 0.5) is 0 Å². The van der Waals surface area contributed by atoms with Crippen molar-refractivity contribution in [2.24, 2.45) is 0 Å². The molecule has 0 fully saturated rings. The topological polar surface area (TPSA) is 71.3 Å². The second kappa shape index (κ2) is 7.59. The van der Waals surface area contributed by atoms with Crippen molar-refractivity contribution in [1.82, 2.24) is 9.88 Å². The lowest BCUT2D eigenvalue weighted by Crippen LogP contribution is -2.42. The lowest BCUT2D eigenvalue weighted by molar-refractivity contribution is -0.122. The first-order valence-electron chi connectivity index (χ1n) is 6.75. The van der Waals surface area contributed by atoms with Crippen molar-refractivity contribution in [3.63, 3.8) is 0 Å². The molecule has 0 radical (unpaired) electrons. The van der Waals surface area contributed by atoms with Gasteiger partial charge >= 0.3 is 0 Å². The van der Waals surface area contributed by atoms with Gasteiger partial charge in [0, 0.05) is 36.2 Å². The molecule has 2 N–H and O–H groups in total. The van der Waals surface area contributed by atoms with Gasteiger partial charge in [-0.2, -0.15) is 0 Å². The number of halogens is 1. The van der Waals surface area contributed by atoms with Crippen molar-refractivity contribution >= 4 is 21.8 Å². The Morgan fingerprint density at radius 3 is 2.65 bits per heavy atom. The van der Waals surface area contributed by atoms with E-state index in [0.29, 0.717) is 19.4 Å². The molecule has 0 aromatic carbocycles. The molecule has 5 nitrogen and oxygen atoms in total. The zero-order valence-corrected chi connectivity index (χ0v) is 13.4. The highest BCUT2D eigenvalue weighted by Crippen LogP contribution is 2.12. The Morgan fingerprint density at radius 2 is 2.05 bits per heavy atom. The number of hydrogen-bond acceptors (Lipinski definition) is 3. The molecule has 0 saturated heterocycles. The zero-order valence-electron chi connectivity index (χ0n) is 11.9. The number of carbonyl (C=O) groups is 1. The number of nitrogens with one attached hydrogen (secondary N) is 1. The van der Waals surface area contributed by atoms with E-state index in [1.54, 1.807) is 12.3 Å². The Morgan fingerprint density at radius 1 is 1.40 bits per heavy atom. The third kappa shape index (κ3) is 5.09. The lowest BCUT2D eigenvalue weighted by atomic mass is 9.97. The summed E-state index contributed by atoms with van der Waals surface area (Å²) >= 11 is 3.29. The van der Waals surface area contributed by atoms with E-state index >= 15 is 0 Å². The van der Waals surface area contributed by atoms with Crippen LogP contribution in [-0.4, -0.2) is 27.7 Å². The first-order chi connectivity index (χ1) is 9.40. The highest BCUT2D eigenvalue weighted by molar-refractivity contribution is 9.10. The minimum atomic E-state index is -0.845. The molecule has 0 spiro atoms. The molecule has 112 valence electrons. The molecule has 1 heterocycles. The maximum atomic E-state index is 11.7. The van der Waals surface area contributed by atoms with Gasteiger partial charge in [-0.3, -0.25) is 9.59 Å². The van der Waals surface area contributed by atoms with Crippen LogP contribution in [0.5, 0.6) is 0 Å². The molecule has 0 bridgehead atoms. The third-order valence-electron chi connectivity index (χ3n) is 3.46. The molecule has 1 rings (SSSR count). The van der Waals surface area contributed by atoms with E-state index in [4.69, 9.17) is 0 Å². The van der Waals surface area contributed by atoms with Gasteiger partial charge in [-0.1, -0.05) is 13.8 Å². The first-order valence-corrected chi connectivity index (χ1v) is 7.54. The minimum Gasteiger partial charge on any atom is -0.388 e. The molecule has 20 heavy (non-hydrogen) atoms. The van der Waals surface area contributed by atoms with E-state index in [1.165, 1.54) is 10.6 Å². The van der Waals surface area contributed by atoms with Crippen LogP contribution in [0.2, 0.25) is 0 Å². The molecular formula is C14H21BrN2O3. The molecule has 0 saturated carbocycles. The second-order valence-electron chi connectivity index (χ2n) is 4.84. The molecule has 1 aromatic rings. The van der Waals surface area contributed by atoms with E-state index in [-0.39, 0.29) is 24.4 Å². The fourth-order valence-electron chi connectivity index (χ4n) is 1.75. The zero-order chi connectivity index (χ0) is 15.2. The van der Waals surface area contributed by atoms with Crippen LogP contribution in [0.1, 0.15) is 33.1 Å². The van der Waals surface area contributed by atoms with Gasteiger partial charge in [-0.05, 0) is 34.8 Å². The molecule has 0 unspecified atom stereocenters. The number of rotatable bonds is 7. The summed E-state index contributed by atoms with van der Waals surface area (Å²) in [5, 5.41) is 12.8. The smallest absolute Gasteiger partial charge is 0.250 e. The van der Waals surface area contributed by atoms with Gasteiger partial charge in [-0.15, -0.1) is 0 Å². The van der Waals surface area contributed by atoms with E-state index in [9.17, 15) is 14.7 Å². The molecule has 6 heteroatoms. The molecule has 0 aliphatic rings. The average Bonchev–Trinajstić information content (AvgIpc) is 2.45. The summed E-state index contributed by atoms with van der Waals surface area (Å²) in [7, 11) is 0. The van der Waals surface area contributed by atoms with Crippen LogP contribution in [0, 0.1) is 0 Å². The van der Waals surface area contributed by atoms with Crippen molar-refractivity contribution in [3.8, 4) is 0 Å². The molecule has 1 amide bonds. The van der Waals surface area contributed by atoms with Crippen molar-refractivity contribution in [2.45, 2.75) is 45.3 Å². The number of nitrogens with zero attached hydrogens (tertiary/aromatic N) is 1. The van der Waals surface area contributed by atoms with Gasteiger partial charge in [0.15, 0.2) is 0 Å². The Kier molecular flexibility index (Phi) is 6.42. The summed E-state index contributed by atoms with van der Waals surface area (Å²) in [5.74, 6) is -0.169. The number of carbonyl (C=O) groups excluding carboxylic acids is 1. The van der Waals surface area contributed by atoms with Gasteiger partial charge in [0.2, 0.25) is 5.91 Å². The van der Waals surface area contributed by atoms with Gasteiger partial charge in [0.1, 0.15) is 0 Å². The fraction of sp³-hybridized carbons (Fsp3) is 0.571. The fourth-order valence-corrected chi connectivity index (χ4v) is 2.13. The van der Waals surface area contributed by atoms with Crippen LogP contribution >= 0.6 is 15.9 Å². The third-order valence-corrected chi connectivity index (χ3v) is 3.93. The van der Waals surface area contributed by atoms with Crippen molar-refractivity contribution in [1.29, 1.82) is 0 Å². The predicted octanol–water partition coefficient (Wildman–Crippen LogP) is 1.67. The number of amides is 1. The lowest BCUT2D eigenvalue weighted by Gasteiger charge is -2.25. The maximum absolute atomic E-state index is 11.7. The van der Waals surface area contributed by atoms with Gasteiger partial charge in [-0.25, -0.2) is 0 Å². The number of aryl methyl sites for hydroxylation is 1. The number of aromatic nitrogens is 1. The molecule has 1 aromatic heterocycles. The van der Waals surface area contributed by atoms with Crippen molar-refractivity contribution < 1.29 is 9.90 Å². The Balaban J connectivity index is 2.48. The van der Waals surface area contributed by atoms with Crippen LogP contribution in [0.3, 0.4) is 0 Å². The Bertz CT molecular complexity index is 509. The van der Waals surface area contributed by atoms with E-state index < -0.39 is 5.60 Å². The summed E-state index contributed by atoms with van der Waals surface area (Å²) in [6, 6.07) is 3.12. The number of aliphatic hydroxyl groups is 1. The Labute approximate surface area is 127 Å². The van der Waals surface area contributed by atoms with Crippen LogP contribution in [0.15, 0.2) is 27.6 Å². The summed E-state index contributed by atoms with van der Waals surface area (Å²) in [6.45, 7) is 4.33. The van der Waals surface area contributed by atoms with Crippen molar-refractivity contribution in [3.05, 3.63) is 33.2 Å². The largest absolute Gasteiger partial charge is 0.388 e. The number of hydrogen-bond donors (Lipinski definition) is 2. The van der Waals surface area contributed by atoms with Gasteiger partial charge in [0.05, 0.1) is 5.60 Å². The minimum absolute atomic E-state index is 0.139. The molecule has 0 aliphatic carbocycles. The summed E-state index contributed by atoms with van der Waals surface area (Å²) in [6.07, 6.45) is 3.05. The normalized spacial score (nSPS) is 11.4. The highest BCUT2D eigenvalue weighted by Gasteiger charge is 2.22. The van der Waals surface area contributed by atoms with Crippen molar-refractivity contribution in [2.75, 3.05) is 6.54 Å². The standard InChI is InChI=1S/C14H21BrN2O3/c1-3-14(20,4-2)10-16-12(18)7-8-17-9-11(15)5-6-13(17)19/h5-6,9,20H,3-4,7-8,10H2,1-2H3,(H,16,18). The van der Waals surface area contributed by atoms with E-state index in [1.807, 2.05) is 13.8 Å². The van der Waals surface area contributed by atoms with Gasteiger partial charge in [0.25, 0.3) is 5.56 Å². The van der Waals surface area contributed by atoms with Crippen LogP contribution in [-0.2, 0) is 11.3 Å². The predicted molar refractivity (Wildman–Crippen MR) is 81.6 cm³/mol. The maximum Gasteiger partial charge on any atom is 0.250 e.